The molecule has 1 spiro atoms. The van der Waals surface area contributed by atoms with Crippen molar-refractivity contribution in [1.29, 1.82) is 0 Å². The van der Waals surface area contributed by atoms with Gasteiger partial charge in [0, 0.05) is 27.7 Å². The summed E-state index contributed by atoms with van der Waals surface area (Å²) in [6, 6.07) is 98.5. The Hall–Kier alpha value is -8.98. The lowest BCUT2D eigenvalue weighted by Crippen LogP contribution is -2.33. The van der Waals surface area contributed by atoms with E-state index in [0.29, 0.717) is 0 Å². The van der Waals surface area contributed by atoms with Gasteiger partial charge in [-0.05, 0) is 121 Å². The first-order valence-electron chi connectivity index (χ1n) is 23.9. The molecule has 0 radical (unpaired) electrons. The van der Waals surface area contributed by atoms with Gasteiger partial charge in [0.1, 0.15) is 0 Å². The third-order valence-corrected chi connectivity index (χ3v) is 14.8. The molecule has 0 saturated heterocycles. The lowest BCUT2D eigenvalue weighted by molar-refractivity contribution is 0.749. The molecule has 322 valence electrons. The van der Waals surface area contributed by atoms with Crippen LogP contribution >= 0.6 is 0 Å². The Kier molecular flexibility index (Phi) is 8.84. The maximum atomic E-state index is 2.52. The number of aromatic nitrogens is 1. The van der Waals surface area contributed by atoms with Gasteiger partial charge in [-0.15, -0.1) is 0 Å². The first kappa shape index (κ1) is 39.2. The molecule has 1 atom stereocenters. The normalized spacial score (nSPS) is 14.1. The third kappa shape index (κ3) is 5.92. The van der Waals surface area contributed by atoms with Gasteiger partial charge in [0.2, 0.25) is 0 Å². The van der Waals surface area contributed by atoms with Gasteiger partial charge in [0.15, 0.2) is 0 Å². The molecule has 0 saturated carbocycles. The molecule has 11 aromatic carbocycles. The van der Waals surface area contributed by atoms with Gasteiger partial charge in [-0.2, -0.15) is 0 Å². The molecule has 0 amide bonds. The second-order valence-corrected chi connectivity index (χ2v) is 18.4. The number of hydrogen-bond acceptors (Lipinski definition) is 1. The van der Waals surface area contributed by atoms with Gasteiger partial charge in [-0.1, -0.05) is 218 Å². The quantitative estimate of drug-likeness (QED) is 0.155. The molecule has 69 heavy (non-hydrogen) atoms. The van der Waals surface area contributed by atoms with E-state index in [1.807, 2.05) is 0 Å². The van der Waals surface area contributed by atoms with Crippen LogP contribution in [0.25, 0.3) is 83.1 Å². The lowest BCUT2D eigenvalue weighted by Gasteiger charge is -2.39. The molecule has 12 aromatic rings. The second-order valence-electron chi connectivity index (χ2n) is 18.4. The highest BCUT2D eigenvalue weighted by atomic mass is 15.1. The molecule has 2 heterocycles. The van der Waals surface area contributed by atoms with Gasteiger partial charge in [0.05, 0.1) is 27.8 Å². The molecular weight excluding hydrogens is 833 g/mol. The van der Waals surface area contributed by atoms with Crippen LogP contribution in [0.2, 0.25) is 0 Å². The van der Waals surface area contributed by atoms with Crippen molar-refractivity contribution in [1.82, 2.24) is 4.57 Å². The largest absolute Gasteiger partial charge is 0.310 e. The van der Waals surface area contributed by atoms with Gasteiger partial charge in [0.25, 0.3) is 0 Å². The molecule has 0 N–H and O–H groups in total. The van der Waals surface area contributed by atoms with Crippen molar-refractivity contribution < 1.29 is 0 Å². The smallest absolute Gasteiger partial charge is 0.0754 e. The summed E-state index contributed by atoms with van der Waals surface area (Å²) in [4.78, 5) is 2.42. The number of nitrogens with zero attached hydrogens (tertiary/aromatic N) is 2. The van der Waals surface area contributed by atoms with Crippen molar-refractivity contribution >= 4 is 38.9 Å². The van der Waals surface area contributed by atoms with Crippen molar-refractivity contribution in [3.05, 3.63) is 289 Å². The third-order valence-electron chi connectivity index (χ3n) is 14.8. The summed E-state index contributed by atoms with van der Waals surface area (Å²) in [7, 11) is 0. The fraction of sp³-hybridized carbons (Fsp3) is 0.0149. The molecule has 1 aliphatic carbocycles. The SMILES string of the molecule is c1ccc(-c2ccc(-c3ccccc3N(c3ccc(-c4ccc5c(c4)C4(c6ccccc6-5)c5ccccc5-n5c6ccccc6c6cccc4c65)cc3)c3cccc(-c4ccccc4)c3)cc2)cc1. The zero-order chi connectivity index (χ0) is 45.5. The van der Waals surface area contributed by atoms with Crippen molar-refractivity contribution in [2.75, 3.05) is 4.90 Å². The lowest BCUT2D eigenvalue weighted by atomic mass is 9.65. The minimum atomic E-state index is -0.508. The fourth-order valence-corrected chi connectivity index (χ4v) is 11.8. The summed E-state index contributed by atoms with van der Waals surface area (Å²) < 4.78 is 2.52. The number of fused-ring (bicyclic) bond motifs is 12. The molecular formula is C67H44N2. The summed E-state index contributed by atoms with van der Waals surface area (Å²) in [5.74, 6) is 0. The monoisotopic (exact) mass is 876 g/mol. The average molecular weight is 877 g/mol. The van der Waals surface area contributed by atoms with Crippen LogP contribution in [-0.2, 0) is 5.41 Å². The average Bonchev–Trinajstić information content (AvgIpc) is 3.92. The molecule has 1 aliphatic heterocycles. The van der Waals surface area contributed by atoms with Crippen molar-refractivity contribution in [3.8, 4) is 61.3 Å². The molecule has 2 aliphatic rings. The Morgan fingerprint density at radius 3 is 1.62 bits per heavy atom. The van der Waals surface area contributed by atoms with Gasteiger partial charge >= 0.3 is 0 Å². The van der Waals surface area contributed by atoms with Crippen LogP contribution in [0.4, 0.5) is 17.1 Å². The van der Waals surface area contributed by atoms with Crippen LogP contribution in [0.15, 0.2) is 267 Å². The van der Waals surface area contributed by atoms with Crippen molar-refractivity contribution in [2.24, 2.45) is 0 Å². The predicted octanol–water partition coefficient (Wildman–Crippen LogP) is 17.6. The number of para-hydroxylation sites is 4. The number of benzene rings is 11. The van der Waals surface area contributed by atoms with E-state index in [0.717, 1.165) is 22.6 Å². The van der Waals surface area contributed by atoms with E-state index in [-0.39, 0.29) is 0 Å². The Labute approximate surface area is 402 Å². The molecule has 2 heteroatoms. The minimum Gasteiger partial charge on any atom is -0.310 e. The fourth-order valence-electron chi connectivity index (χ4n) is 11.8. The second kappa shape index (κ2) is 15.6. The zero-order valence-electron chi connectivity index (χ0n) is 37.8. The zero-order valence-corrected chi connectivity index (χ0v) is 37.8. The number of anilines is 3. The Balaban J connectivity index is 0.923. The molecule has 1 unspecified atom stereocenters. The van der Waals surface area contributed by atoms with Gasteiger partial charge in [-0.3, -0.25) is 0 Å². The van der Waals surface area contributed by atoms with E-state index in [9.17, 15) is 0 Å². The highest BCUT2D eigenvalue weighted by molar-refractivity contribution is 6.13. The van der Waals surface area contributed by atoms with E-state index in [2.05, 4.69) is 276 Å². The van der Waals surface area contributed by atoms with Crippen molar-refractivity contribution in [2.45, 2.75) is 5.41 Å². The standard InChI is InChI=1S/C67H44N2/c1-3-17-45(18-4-1)47-33-35-49(36-34-47)54-23-8-12-30-63(54)68(53-22-15-21-50(43-53)46-19-5-2-6-20-46)52-40-37-48(38-41-52)51-39-42-56-55-24-7-10-27-59(55)67(62(56)44-51)60-28-11-14-32-65(60)69-64-31-13-9-25-57(64)58-26-16-29-61(67)66(58)69/h1-44H. The maximum absolute atomic E-state index is 2.52. The van der Waals surface area contributed by atoms with Crippen LogP contribution in [0.1, 0.15) is 22.3 Å². The molecule has 0 fully saturated rings. The topological polar surface area (TPSA) is 8.17 Å². The highest BCUT2D eigenvalue weighted by Gasteiger charge is 2.50. The summed E-state index contributed by atoms with van der Waals surface area (Å²) in [5, 5.41) is 2.57. The predicted molar refractivity (Wildman–Crippen MR) is 288 cm³/mol. The van der Waals surface area contributed by atoms with Crippen LogP contribution in [0.3, 0.4) is 0 Å². The summed E-state index contributed by atoms with van der Waals surface area (Å²) in [6.45, 7) is 0. The molecule has 2 nitrogen and oxygen atoms in total. The summed E-state index contributed by atoms with van der Waals surface area (Å²) >= 11 is 0. The minimum absolute atomic E-state index is 0.508. The first-order chi connectivity index (χ1) is 34.2. The highest BCUT2D eigenvalue weighted by Crippen LogP contribution is 2.61. The van der Waals surface area contributed by atoms with E-state index < -0.39 is 5.41 Å². The van der Waals surface area contributed by atoms with Crippen LogP contribution < -0.4 is 4.90 Å². The Morgan fingerprint density at radius 2 is 0.812 bits per heavy atom. The number of rotatable bonds is 7. The Morgan fingerprint density at radius 1 is 0.290 bits per heavy atom. The first-order valence-corrected chi connectivity index (χ1v) is 23.9. The van der Waals surface area contributed by atoms with Crippen LogP contribution in [-0.4, -0.2) is 4.57 Å². The van der Waals surface area contributed by atoms with Crippen molar-refractivity contribution in [3.63, 3.8) is 0 Å². The van der Waals surface area contributed by atoms with Gasteiger partial charge in [-0.25, -0.2) is 0 Å². The van der Waals surface area contributed by atoms with E-state index in [1.165, 1.54) is 99.8 Å². The van der Waals surface area contributed by atoms with Gasteiger partial charge < -0.3 is 9.47 Å². The summed E-state index contributed by atoms with van der Waals surface area (Å²) in [5.41, 5.74) is 23.9. The molecule has 0 bridgehead atoms. The molecule has 1 aromatic heterocycles. The van der Waals surface area contributed by atoms with E-state index in [1.54, 1.807) is 0 Å². The Bertz CT molecular complexity index is 3940. The molecule has 14 rings (SSSR count). The summed E-state index contributed by atoms with van der Waals surface area (Å²) in [6.07, 6.45) is 0. The number of hydrogen-bond donors (Lipinski definition) is 0. The maximum Gasteiger partial charge on any atom is 0.0754 e. The van der Waals surface area contributed by atoms with E-state index in [4.69, 9.17) is 0 Å². The van der Waals surface area contributed by atoms with E-state index >= 15 is 0 Å². The van der Waals surface area contributed by atoms with Crippen LogP contribution in [0, 0.1) is 0 Å². The van der Waals surface area contributed by atoms with Crippen LogP contribution in [0.5, 0.6) is 0 Å².